The van der Waals surface area contributed by atoms with E-state index in [9.17, 15) is 0 Å². The van der Waals surface area contributed by atoms with Gasteiger partial charge >= 0.3 is 0 Å². The van der Waals surface area contributed by atoms with Crippen molar-refractivity contribution in [2.24, 2.45) is 0 Å². The highest BCUT2D eigenvalue weighted by molar-refractivity contribution is 7.98. The van der Waals surface area contributed by atoms with Crippen LogP contribution in [-0.2, 0) is 6.42 Å². The summed E-state index contributed by atoms with van der Waals surface area (Å²) in [5.74, 6) is 1.77. The molecule has 0 atom stereocenters. The highest BCUT2D eigenvalue weighted by atomic mass is 32.2. The van der Waals surface area contributed by atoms with Gasteiger partial charge in [-0.15, -0.1) is 11.8 Å². The number of nitrogens with zero attached hydrogens (tertiary/aromatic N) is 2. The molecular weight excluding hydrogens is 278 g/mol. The van der Waals surface area contributed by atoms with Gasteiger partial charge in [0.05, 0.1) is 0 Å². The zero-order chi connectivity index (χ0) is 15.2. The second-order valence-electron chi connectivity index (χ2n) is 4.98. The number of hydrogen-bond acceptors (Lipinski definition) is 4. The Morgan fingerprint density at radius 1 is 1.10 bits per heavy atom. The van der Waals surface area contributed by atoms with Crippen molar-refractivity contribution in [1.82, 2.24) is 9.97 Å². The van der Waals surface area contributed by atoms with Crippen molar-refractivity contribution in [3.05, 3.63) is 35.5 Å². The Balaban J connectivity index is 2.41. The normalized spacial score (nSPS) is 10.7. The van der Waals surface area contributed by atoms with Crippen LogP contribution in [0.4, 0.5) is 5.82 Å². The second kappa shape index (κ2) is 7.46. The van der Waals surface area contributed by atoms with E-state index >= 15 is 0 Å². The number of anilines is 1. The highest BCUT2D eigenvalue weighted by Gasteiger charge is 2.10. The molecule has 0 spiro atoms. The van der Waals surface area contributed by atoms with Gasteiger partial charge < -0.3 is 5.32 Å². The van der Waals surface area contributed by atoms with Gasteiger partial charge in [0.25, 0.3) is 0 Å². The summed E-state index contributed by atoms with van der Waals surface area (Å²) in [6.07, 6.45) is 4.09. The van der Waals surface area contributed by atoms with Crippen LogP contribution in [0, 0.1) is 6.92 Å². The number of aryl methyl sites for hydroxylation is 1. The van der Waals surface area contributed by atoms with Crippen LogP contribution in [0.15, 0.2) is 29.2 Å². The Bertz CT molecular complexity index is 594. The smallest absolute Gasteiger partial charge is 0.161 e. The Labute approximate surface area is 131 Å². The van der Waals surface area contributed by atoms with Gasteiger partial charge in [-0.25, -0.2) is 9.97 Å². The molecule has 1 aromatic carbocycles. The molecule has 1 heterocycles. The molecule has 2 aromatic rings. The minimum Gasteiger partial charge on any atom is -0.370 e. The van der Waals surface area contributed by atoms with Crippen LogP contribution < -0.4 is 5.32 Å². The molecule has 0 radical (unpaired) electrons. The van der Waals surface area contributed by atoms with E-state index < -0.39 is 0 Å². The van der Waals surface area contributed by atoms with Crippen molar-refractivity contribution in [2.45, 2.75) is 38.5 Å². The first-order chi connectivity index (χ1) is 10.2. The molecule has 0 unspecified atom stereocenters. The number of thioether (sulfide) groups is 1. The number of benzene rings is 1. The highest BCUT2D eigenvalue weighted by Crippen LogP contribution is 2.24. The number of nitrogens with one attached hydrogen (secondary N) is 1. The van der Waals surface area contributed by atoms with E-state index in [0.29, 0.717) is 0 Å². The molecule has 4 heteroatoms. The van der Waals surface area contributed by atoms with Gasteiger partial charge in [-0.2, -0.15) is 0 Å². The Morgan fingerprint density at radius 3 is 2.38 bits per heavy atom. The van der Waals surface area contributed by atoms with E-state index in [4.69, 9.17) is 9.97 Å². The topological polar surface area (TPSA) is 37.8 Å². The van der Waals surface area contributed by atoms with Gasteiger partial charge in [0.2, 0.25) is 0 Å². The van der Waals surface area contributed by atoms with Gasteiger partial charge in [-0.05, 0) is 38.2 Å². The predicted octanol–water partition coefficient (Wildman–Crippen LogP) is 4.56. The van der Waals surface area contributed by atoms with E-state index in [1.165, 1.54) is 4.90 Å². The van der Waals surface area contributed by atoms with E-state index in [1.54, 1.807) is 11.8 Å². The summed E-state index contributed by atoms with van der Waals surface area (Å²) >= 11 is 1.74. The van der Waals surface area contributed by atoms with Gasteiger partial charge in [0.1, 0.15) is 5.82 Å². The fourth-order valence-electron chi connectivity index (χ4n) is 2.19. The SMILES string of the molecule is CCCNc1nc(-c2ccc(SC)cc2)nc(CC)c1C. The van der Waals surface area contributed by atoms with Gasteiger partial charge in [0, 0.05) is 28.3 Å². The fraction of sp³-hybridized carbons (Fsp3) is 0.412. The first-order valence-corrected chi connectivity index (χ1v) is 8.67. The third kappa shape index (κ3) is 3.76. The summed E-state index contributed by atoms with van der Waals surface area (Å²) in [7, 11) is 0. The Kier molecular flexibility index (Phi) is 5.62. The Morgan fingerprint density at radius 2 is 1.81 bits per heavy atom. The first-order valence-electron chi connectivity index (χ1n) is 7.45. The Hall–Kier alpha value is -1.55. The molecule has 0 fully saturated rings. The van der Waals surface area contributed by atoms with Crippen molar-refractivity contribution < 1.29 is 0 Å². The maximum Gasteiger partial charge on any atom is 0.161 e. The maximum absolute atomic E-state index is 4.73. The summed E-state index contributed by atoms with van der Waals surface area (Å²) in [6, 6.07) is 8.43. The van der Waals surface area contributed by atoms with E-state index in [-0.39, 0.29) is 0 Å². The zero-order valence-electron chi connectivity index (χ0n) is 13.2. The molecule has 0 aliphatic heterocycles. The average Bonchev–Trinajstić information content (AvgIpc) is 2.54. The molecule has 0 saturated carbocycles. The van der Waals surface area contributed by atoms with Crippen LogP contribution >= 0.6 is 11.8 Å². The summed E-state index contributed by atoms with van der Waals surface area (Å²) in [4.78, 5) is 10.7. The molecule has 3 nitrogen and oxygen atoms in total. The lowest BCUT2D eigenvalue weighted by atomic mass is 10.1. The van der Waals surface area contributed by atoms with Crippen molar-refractivity contribution in [1.29, 1.82) is 0 Å². The lowest BCUT2D eigenvalue weighted by Gasteiger charge is -2.13. The zero-order valence-corrected chi connectivity index (χ0v) is 14.0. The largest absolute Gasteiger partial charge is 0.370 e. The minimum atomic E-state index is 0.809. The van der Waals surface area contributed by atoms with Gasteiger partial charge in [-0.3, -0.25) is 0 Å². The maximum atomic E-state index is 4.73. The van der Waals surface area contributed by atoms with Crippen molar-refractivity contribution in [3.63, 3.8) is 0 Å². The van der Waals surface area contributed by atoms with Crippen LogP contribution in [0.25, 0.3) is 11.4 Å². The molecule has 0 aliphatic rings. The van der Waals surface area contributed by atoms with E-state index in [2.05, 4.69) is 56.6 Å². The van der Waals surface area contributed by atoms with Crippen molar-refractivity contribution in [3.8, 4) is 11.4 Å². The molecule has 0 aliphatic carbocycles. The molecule has 1 aromatic heterocycles. The lowest BCUT2D eigenvalue weighted by Crippen LogP contribution is -2.08. The molecule has 0 saturated heterocycles. The molecule has 2 rings (SSSR count). The minimum absolute atomic E-state index is 0.809. The van der Waals surface area contributed by atoms with Crippen LogP contribution in [0.1, 0.15) is 31.5 Å². The third-order valence-corrected chi connectivity index (χ3v) is 4.22. The summed E-state index contributed by atoms with van der Waals surface area (Å²) in [6.45, 7) is 7.33. The third-order valence-electron chi connectivity index (χ3n) is 3.47. The van der Waals surface area contributed by atoms with Crippen molar-refractivity contribution in [2.75, 3.05) is 18.1 Å². The van der Waals surface area contributed by atoms with E-state index in [1.807, 2.05) is 0 Å². The molecule has 1 N–H and O–H groups in total. The quantitative estimate of drug-likeness (QED) is 0.794. The number of hydrogen-bond donors (Lipinski definition) is 1. The standard InChI is InChI=1S/C17H23N3S/c1-5-11-18-16-12(3)15(6-2)19-17(20-16)13-7-9-14(21-4)10-8-13/h7-10H,5-6,11H2,1-4H3,(H,18,19,20). The summed E-state index contributed by atoms with van der Waals surface area (Å²) in [5, 5.41) is 3.41. The lowest BCUT2D eigenvalue weighted by molar-refractivity contribution is 0.936. The molecule has 112 valence electrons. The van der Waals surface area contributed by atoms with Crippen LogP contribution in [0.2, 0.25) is 0 Å². The molecule has 21 heavy (non-hydrogen) atoms. The summed E-state index contributed by atoms with van der Waals surface area (Å²) in [5.41, 5.74) is 3.35. The van der Waals surface area contributed by atoms with Crippen LogP contribution in [0.5, 0.6) is 0 Å². The number of aromatic nitrogens is 2. The monoisotopic (exact) mass is 301 g/mol. The van der Waals surface area contributed by atoms with E-state index in [0.717, 1.165) is 47.8 Å². The average molecular weight is 301 g/mol. The number of rotatable bonds is 6. The van der Waals surface area contributed by atoms with Crippen molar-refractivity contribution >= 4 is 17.6 Å². The first kappa shape index (κ1) is 15.8. The van der Waals surface area contributed by atoms with Gasteiger partial charge in [0.15, 0.2) is 5.82 Å². The van der Waals surface area contributed by atoms with Crippen LogP contribution in [-0.4, -0.2) is 22.8 Å². The summed E-state index contributed by atoms with van der Waals surface area (Å²) < 4.78 is 0. The molecule has 0 bridgehead atoms. The predicted molar refractivity (Wildman–Crippen MR) is 92.1 cm³/mol. The van der Waals surface area contributed by atoms with Gasteiger partial charge in [-0.1, -0.05) is 26.0 Å². The fourth-order valence-corrected chi connectivity index (χ4v) is 2.60. The molecular formula is C17H23N3S. The second-order valence-corrected chi connectivity index (χ2v) is 5.86. The molecule has 0 amide bonds. The van der Waals surface area contributed by atoms with Crippen LogP contribution in [0.3, 0.4) is 0 Å².